The lowest BCUT2D eigenvalue weighted by Gasteiger charge is -2.37. The smallest absolute Gasteiger partial charge is 0.000771 e. The summed E-state index contributed by atoms with van der Waals surface area (Å²) < 4.78 is 0. The van der Waals surface area contributed by atoms with Crippen LogP contribution in [0.4, 0.5) is 0 Å². The minimum absolute atomic E-state index is 0.541. The second-order valence-electron chi connectivity index (χ2n) is 5.87. The van der Waals surface area contributed by atoms with Crippen molar-refractivity contribution in [1.82, 2.24) is 5.32 Å². The van der Waals surface area contributed by atoms with Gasteiger partial charge in [-0.25, -0.2) is 0 Å². The molecule has 0 bridgehead atoms. The van der Waals surface area contributed by atoms with Gasteiger partial charge in [0, 0.05) is 6.54 Å². The lowest BCUT2D eigenvalue weighted by molar-refractivity contribution is 0.152. The zero-order valence-corrected chi connectivity index (χ0v) is 11.6. The summed E-state index contributed by atoms with van der Waals surface area (Å²) in [5.74, 6) is 0.962. The van der Waals surface area contributed by atoms with Crippen LogP contribution in [0.1, 0.15) is 72.1 Å². The van der Waals surface area contributed by atoms with Crippen molar-refractivity contribution in [2.75, 3.05) is 13.1 Å². The second kappa shape index (κ2) is 7.32. The maximum Gasteiger partial charge on any atom is 0.000771 e. The Bertz CT molecular complexity index is 170. The Hall–Kier alpha value is -0.0400. The average molecular weight is 225 g/mol. The van der Waals surface area contributed by atoms with E-state index in [0.717, 1.165) is 5.92 Å². The van der Waals surface area contributed by atoms with E-state index in [4.69, 9.17) is 0 Å². The highest BCUT2D eigenvalue weighted by molar-refractivity contribution is 4.84. The van der Waals surface area contributed by atoms with E-state index in [-0.39, 0.29) is 0 Å². The fraction of sp³-hybridized carbons (Fsp3) is 1.00. The summed E-state index contributed by atoms with van der Waals surface area (Å²) in [5.41, 5.74) is 0.541. The van der Waals surface area contributed by atoms with Gasteiger partial charge in [-0.1, -0.05) is 46.5 Å². The molecule has 0 spiro atoms. The molecule has 0 aromatic carbocycles. The summed E-state index contributed by atoms with van der Waals surface area (Å²) in [6.07, 6.45) is 11.4. The molecule has 1 nitrogen and oxygen atoms in total. The van der Waals surface area contributed by atoms with Gasteiger partial charge in [0.25, 0.3) is 0 Å². The van der Waals surface area contributed by atoms with E-state index in [1.165, 1.54) is 64.5 Å². The quantitative estimate of drug-likeness (QED) is 0.523. The van der Waals surface area contributed by atoms with E-state index >= 15 is 0 Å². The number of hydrogen-bond donors (Lipinski definition) is 1. The van der Waals surface area contributed by atoms with E-state index in [1.807, 2.05) is 0 Å². The molecule has 1 rings (SSSR count). The van der Waals surface area contributed by atoms with E-state index in [1.54, 1.807) is 0 Å². The van der Waals surface area contributed by atoms with Crippen molar-refractivity contribution in [3.8, 4) is 0 Å². The minimum atomic E-state index is 0.541. The molecule has 0 saturated heterocycles. The first-order valence-corrected chi connectivity index (χ1v) is 7.43. The van der Waals surface area contributed by atoms with Crippen molar-refractivity contribution >= 4 is 0 Å². The Kier molecular flexibility index (Phi) is 6.41. The molecule has 0 heterocycles. The first kappa shape index (κ1) is 14.0. The lowest BCUT2D eigenvalue weighted by Crippen LogP contribution is -2.38. The largest absolute Gasteiger partial charge is 0.316 e. The Morgan fingerprint density at radius 2 is 1.69 bits per heavy atom. The van der Waals surface area contributed by atoms with Gasteiger partial charge in [0.05, 0.1) is 0 Å². The number of hydrogen-bond acceptors (Lipinski definition) is 1. The van der Waals surface area contributed by atoms with Gasteiger partial charge in [0.2, 0.25) is 0 Å². The van der Waals surface area contributed by atoms with Crippen molar-refractivity contribution < 1.29 is 0 Å². The Morgan fingerprint density at radius 3 is 2.19 bits per heavy atom. The number of rotatable bonds is 6. The van der Waals surface area contributed by atoms with Gasteiger partial charge in [-0.3, -0.25) is 0 Å². The van der Waals surface area contributed by atoms with Crippen LogP contribution in [0.5, 0.6) is 0 Å². The SMILES string of the molecule is CCCNCC(C)(CC)C1CCCCCC1. The predicted octanol–water partition coefficient (Wildman–Crippen LogP) is 4.37. The Labute approximate surface area is 102 Å². The van der Waals surface area contributed by atoms with Crippen LogP contribution >= 0.6 is 0 Å². The maximum atomic E-state index is 3.64. The van der Waals surface area contributed by atoms with Crippen LogP contribution in [0.15, 0.2) is 0 Å². The summed E-state index contributed by atoms with van der Waals surface area (Å²) in [7, 11) is 0. The molecular weight excluding hydrogens is 194 g/mol. The molecule has 0 amide bonds. The predicted molar refractivity (Wildman–Crippen MR) is 72.8 cm³/mol. The van der Waals surface area contributed by atoms with Gasteiger partial charge >= 0.3 is 0 Å². The molecule has 1 aliphatic rings. The molecule has 1 saturated carbocycles. The van der Waals surface area contributed by atoms with Crippen LogP contribution in [0.2, 0.25) is 0 Å². The van der Waals surface area contributed by atoms with Gasteiger partial charge in [0.1, 0.15) is 0 Å². The molecule has 0 radical (unpaired) electrons. The van der Waals surface area contributed by atoms with Crippen LogP contribution in [0, 0.1) is 11.3 Å². The molecule has 1 N–H and O–H groups in total. The monoisotopic (exact) mass is 225 g/mol. The van der Waals surface area contributed by atoms with Gasteiger partial charge in [0.15, 0.2) is 0 Å². The van der Waals surface area contributed by atoms with E-state index < -0.39 is 0 Å². The van der Waals surface area contributed by atoms with Crippen molar-refractivity contribution in [2.45, 2.75) is 72.1 Å². The fourth-order valence-electron chi connectivity index (χ4n) is 3.09. The molecule has 1 unspecified atom stereocenters. The Morgan fingerprint density at radius 1 is 1.06 bits per heavy atom. The fourth-order valence-corrected chi connectivity index (χ4v) is 3.09. The van der Waals surface area contributed by atoms with Crippen molar-refractivity contribution in [3.05, 3.63) is 0 Å². The highest BCUT2D eigenvalue weighted by Crippen LogP contribution is 2.39. The van der Waals surface area contributed by atoms with Crippen molar-refractivity contribution in [2.24, 2.45) is 11.3 Å². The first-order chi connectivity index (χ1) is 7.73. The average Bonchev–Trinajstić information content (AvgIpc) is 2.58. The van der Waals surface area contributed by atoms with Gasteiger partial charge < -0.3 is 5.32 Å². The third kappa shape index (κ3) is 4.08. The third-order valence-electron chi connectivity index (χ3n) is 4.60. The molecule has 96 valence electrons. The minimum Gasteiger partial charge on any atom is -0.316 e. The molecule has 1 aliphatic carbocycles. The molecule has 1 fully saturated rings. The molecule has 1 heteroatoms. The van der Waals surface area contributed by atoms with Crippen LogP contribution < -0.4 is 5.32 Å². The van der Waals surface area contributed by atoms with E-state index in [2.05, 4.69) is 26.1 Å². The summed E-state index contributed by atoms with van der Waals surface area (Å²) in [6.45, 7) is 9.54. The number of nitrogens with one attached hydrogen (secondary N) is 1. The zero-order valence-electron chi connectivity index (χ0n) is 11.6. The first-order valence-electron chi connectivity index (χ1n) is 7.43. The second-order valence-corrected chi connectivity index (χ2v) is 5.87. The van der Waals surface area contributed by atoms with Gasteiger partial charge in [-0.05, 0) is 43.6 Å². The van der Waals surface area contributed by atoms with Crippen molar-refractivity contribution in [1.29, 1.82) is 0 Å². The summed E-state index contributed by atoms with van der Waals surface area (Å²) in [4.78, 5) is 0. The zero-order chi connectivity index (χ0) is 11.9. The highest BCUT2D eigenvalue weighted by atomic mass is 14.9. The molecule has 0 aliphatic heterocycles. The molecular formula is C15H31N. The highest BCUT2D eigenvalue weighted by Gasteiger charge is 2.32. The topological polar surface area (TPSA) is 12.0 Å². The molecule has 0 aromatic heterocycles. The summed E-state index contributed by atoms with van der Waals surface area (Å²) in [5, 5.41) is 3.64. The van der Waals surface area contributed by atoms with Crippen LogP contribution in [-0.4, -0.2) is 13.1 Å². The molecule has 1 atom stereocenters. The Balaban J connectivity index is 2.47. The van der Waals surface area contributed by atoms with Crippen LogP contribution in [0.25, 0.3) is 0 Å². The van der Waals surface area contributed by atoms with E-state index in [0.29, 0.717) is 5.41 Å². The van der Waals surface area contributed by atoms with Crippen molar-refractivity contribution in [3.63, 3.8) is 0 Å². The lowest BCUT2D eigenvalue weighted by atomic mass is 9.71. The maximum absolute atomic E-state index is 3.64. The third-order valence-corrected chi connectivity index (χ3v) is 4.60. The van der Waals surface area contributed by atoms with Crippen LogP contribution in [-0.2, 0) is 0 Å². The summed E-state index contributed by atoms with van der Waals surface area (Å²) in [6, 6.07) is 0. The standard InChI is InChI=1S/C15H31N/c1-4-12-16-13-15(3,5-2)14-10-8-6-7-9-11-14/h14,16H,4-13H2,1-3H3. The van der Waals surface area contributed by atoms with Crippen LogP contribution in [0.3, 0.4) is 0 Å². The molecule has 16 heavy (non-hydrogen) atoms. The normalized spacial score (nSPS) is 22.7. The molecule has 0 aromatic rings. The summed E-state index contributed by atoms with van der Waals surface area (Å²) >= 11 is 0. The van der Waals surface area contributed by atoms with Gasteiger partial charge in [-0.2, -0.15) is 0 Å². The van der Waals surface area contributed by atoms with E-state index in [9.17, 15) is 0 Å². The van der Waals surface area contributed by atoms with Gasteiger partial charge in [-0.15, -0.1) is 0 Å².